The molecule has 2 heterocycles. The summed E-state index contributed by atoms with van der Waals surface area (Å²) >= 11 is 0. The molecular weight excluding hydrogens is 380 g/mol. The summed E-state index contributed by atoms with van der Waals surface area (Å²) in [5.74, 6) is 0.438. The lowest BCUT2D eigenvalue weighted by molar-refractivity contribution is -0.180. The molecule has 0 aromatic heterocycles. The molecule has 2 aliphatic heterocycles. The topological polar surface area (TPSA) is 61.6 Å². The highest BCUT2D eigenvalue weighted by Crippen LogP contribution is 2.34. The van der Waals surface area contributed by atoms with Gasteiger partial charge in [0.1, 0.15) is 11.5 Å². The Kier molecular flexibility index (Phi) is 5.62. The highest BCUT2D eigenvalue weighted by molar-refractivity contribution is 5.85. The average molecular weight is 408 g/mol. The Balaban J connectivity index is 1.38. The van der Waals surface area contributed by atoms with Crippen molar-refractivity contribution in [3.05, 3.63) is 58.7 Å². The molecule has 0 saturated carbocycles. The molecule has 6 heteroatoms. The molecule has 0 atom stereocenters. The van der Waals surface area contributed by atoms with Gasteiger partial charge in [-0.05, 0) is 12.1 Å². The van der Waals surface area contributed by atoms with Crippen molar-refractivity contribution in [3.8, 4) is 11.5 Å². The van der Waals surface area contributed by atoms with E-state index in [0.29, 0.717) is 26.3 Å². The molecule has 0 spiro atoms. The van der Waals surface area contributed by atoms with E-state index >= 15 is 0 Å². The molecule has 0 amide bonds. The van der Waals surface area contributed by atoms with E-state index < -0.39 is 11.6 Å². The van der Waals surface area contributed by atoms with Crippen molar-refractivity contribution < 1.29 is 18.9 Å². The van der Waals surface area contributed by atoms with Crippen molar-refractivity contribution in [2.45, 2.75) is 52.5 Å². The van der Waals surface area contributed by atoms with Crippen LogP contribution in [-0.4, -0.2) is 37.1 Å². The number of ether oxygens (including phenoxy) is 4. The fourth-order valence-corrected chi connectivity index (χ4v) is 3.38. The lowest BCUT2D eigenvalue weighted by atomic mass is 10.1. The minimum Gasteiger partial charge on any atom is -0.462 e. The number of nitrogens with zero attached hydrogens (tertiary/aromatic N) is 2. The number of hydrogen-bond acceptors (Lipinski definition) is 6. The second-order valence-corrected chi connectivity index (χ2v) is 8.32. The van der Waals surface area contributed by atoms with Gasteiger partial charge in [-0.1, -0.05) is 24.3 Å². The molecule has 4 rings (SSSR count). The van der Waals surface area contributed by atoms with E-state index in [1.54, 1.807) is 0 Å². The van der Waals surface area contributed by atoms with Crippen LogP contribution in [0.4, 0.5) is 0 Å². The summed E-state index contributed by atoms with van der Waals surface area (Å²) in [4.78, 5) is 9.06. The second kappa shape index (κ2) is 8.20. The molecule has 0 bridgehead atoms. The summed E-state index contributed by atoms with van der Waals surface area (Å²) < 4.78 is 23.4. The van der Waals surface area contributed by atoms with Crippen molar-refractivity contribution in [3.63, 3.8) is 0 Å². The average Bonchev–Trinajstić information content (AvgIpc) is 2.70. The van der Waals surface area contributed by atoms with E-state index in [1.807, 2.05) is 76.5 Å². The smallest absolute Gasteiger partial charge is 0.205 e. The molecule has 0 saturated heterocycles. The number of hydrogen-bond donors (Lipinski definition) is 0. The highest BCUT2D eigenvalue weighted by Gasteiger charge is 2.29. The van der Waals surface area contributed by atoms with Crippen LogP contribution in [0.2, 0.25) is 0 Å². The first-order valence-corrected chi connectivity index (χ1v) is 10.2. The third kappa shape index (κ3) is 4.71. The van der Waals surface area contributed by atoms with Gasteiger partial charge in [-0.15, -0.1) is 0 Å². The lowest BCUT2D eigenvalue weighted by Crippen LogP contribution is -2.35. The summed E-state index contributed by atoms with van der Waals surface area (Å²) in [6.45, 7) is 9.92. The van der Waals surface area contributed by atoms with Crippen molar-refractivity contribution in [1.29, 1.82) is 0 Å². The highest BCUT2D eigenvalue weighted by atomic mass is 16.7. The Bertz CT molecular complexity index is 900. The normalized spacial score (nSPS) is 19.2. The van der Waals surface area contributed by atoms with Gasteiger partial charge in [-0.2, -0.15) is 0 Å². The van der Waals surface area contributed by atoms with Crippen LogP contribution in [0.15, 0.2) is 46.4 Å². The van der Waals surface area contributed by atoms with Gasteiger partial charge in [-0.25, -0.2) is 0 Å². The van der Waals surface area contributed by atoms with Gasteiger partial charge in [0.15, 0.2) is 0 Å². The third-order valence-electron chi connectivity index (χ3n) is 4.92. The van der Waals surface area contributed by atoms with E-state index in [2.05, 4.69) is 9.98 Å². The van der Waals surface area contributed by atoms with Gasteiger partial charge >= 0.3 is 0 Å². The Morgan fingerprint density at radius 1 is 0.733 bits per heavy atom. The van der Waals surface area contributed by atoms with E-state index in [9.17, 15) is 0 Å². The standard InChI is InChI=1S/C24H28N2O4/c1-23(2)27-15-19-9-5-7-17(21(19)29-23)13-25-11-12-26-14-18-8-6-10-20-16-28-24(3,4)30-22(18)20/h5-10,13-14H,11-12,15-16H2,1-4H3/b25-13+,26-14+. The van der Waals surface area contributed by atoms with Crippen LogP contribution >= 0.6 is 0 Å². The summed E-state index contributed by atoms with van der Waals surface area (Å²) in [5.41, 5.74) is 4.00. The molecule has 30 heavy (non-hydrogen) atoms. The third-order valence-corrected chi connectivity index (χ3v) is 4.92. The first-order valence-electron chi connectivity index (χ1n) is 10.2. The van der Waals surface area contributed by atoms with Crippen LogP contribution in [0, 0.1) is 0 Å². The van der Waals surface area contributed by atoms with Crippen molar-refractivity contribution in [2.24, 2.45) is 9.98 Å². The molecule has 0 radical (unpaired) electrons. The molecule has 6 nitrogen and oxygen atoms in total. The van der Waals surface area contributed by atoms with Crippen molar-refractivity contribution >= 4 is 12.4 Å². The van der Waals surface area contributed by atoms with Crippen LogP contribution in [0.1, 0.15) is 49.9 Å². The van der Waals surface area contributed by atoms with Gasteiger partial charge in [0, 0.05) is 62.4 Å². The summed E-state index contributed by atoms with van der Waals surface area (Å²) in [5, 5.41) is 0. The maximum atomic E-state index is 5.99. The lowest BCUT2D eigenvalue weighted by Gasteiger charge is -2.33. The van der Waals surface area contributed by atoms with Crippen LogP contribution in [-0.2, 0) is 22.7 Å². The Labute approximate surface area is 177 Å². The second-order valence-electron chi connectivity index (χ2n) is 8.32. The SMILES string of the molecule is CC1(C)OCc2cccc(/C=N/CC/N=C/c3cccc4c3OC(C)(C)OC4)c2O1. The monoisotopic (exact) mass is 408 g/mol. The van der Waals surface area contributed by atoms with Gasteiger partial charge in [0.25, 0.3) is 0 Å². The van der Waals surface area contributed by atoms with Crippen LogP contribution < -0.4 is 9.47 Å². The van der Waals surface area contributed by atoms with Crippen molar-refractivity contribution in [2.75, 3.05) is 13.1 Å². The quantitative estimate of drug-likeness (QED) is 0.539. The van der Waals surface area contributed by atoms with E-state index in [-0.39, 0.29) is 0 Å². The number of rotatable bonds is 5. The minimum atomic E-state index is -0.627. The summed E-state index contributed by atoms with van der Waals surface area (Å²) in [7, 11) is 0. The Hall–Kier alpha value is -2.70. The number of aliphatic imine (C=N–C) groups is 2. The van der Waals surface area contributed by atoms with Crippen molar-refractivity contribution in [1.82, 2.24) is 0 Å². The Morgan fingerprint density at radius 2 is 1.17 bits per heavy atom. The van der Waals surface area contributed by atoms with Crippen LogP contribution in [0.5, 0.6) is 11.5 Å². The maximum Gasteiger partial charge on any atom is 0.205 e. The molecule has 0 N–H and O–H groups in total. The van der Waals surface area contributed by atoms with E-state index in [0.717, 1.165) is 33.8 Å². The summed E-state index contributed by atoms with van der Waals surface area (Å²) in [6, 6.07) is 12.0. The zero-order valence-electron chi connectivity index (χ0n) is 18.0. The van der Waals surface area contributed by atoms with Crippen LogP contribution in [0.3, 0.4) is 0 Å². The molecule has 0 unspecified atom stereocenters. The predicted octanol–water partition coefficient (Wildman–Crippen LogP) is 4.51. The molecule has 2 aliphatic rings. The van der Waals surface area contributed by atoms with Crippen LogP contribution in [0.25, 0.3) is 0 Å². The summed E-state index contributed by atoms with van der Waals surface area (Å²) in [6.07, 6.45) is 3.70. The van der Waals surface area contributed by atoms with E-state index in [4.69, 9.17) is 18.9 Å². The first kappa shape index (κ1) is 20.6. The predicted molar refractivity (Wildman–Crippen MR) is 117 cm³/mol. The number of benzene rings is 2. The fourth-order valence-electron chi connectivity index (χ4n) is 3.38. The largest absolute Gasteiger partial charge is 0.462 e. The molecule has 2 aromatic carbocycles. The molecule has 0 fully saturated rings. The Morgan fingerprint density at radius 3 is 1.60 bits per heavy atom. The molecule has 158 valence electrons. The zero-order chi connectivity index (χ0) is 21.2. The number of fused-ring (bicyclic) bond motifs is 2. The van der Waals surface area contributed by atoms with Gasteiger partial charge < -0.3 is 18.9 Å². The minimum absolute atomic E-state index is 0.541. The maximum absolute atomic E-state index is 5.99. The number of para-hydroxylation sites is 2. The fraction of sp³-hybridized carbons (Fsp3) is 0.417. The van der Waals surface area contributed by atoms with Gasteiger partial charge in [-0.3, -0.25) is 9.98 Å². The van der Waals surface area contributed by atoms with Gasteiger partial charge in [0.2, 0.25) is 11.6 Å². The molecule has 2 aromatic rings. The molecular formula is C24H28N2O4. The molecule has 0 aliphatic carbocycles. The zero-order valence-corrected chi connectivity index (χ0v) is 18.0. The first-order chi connectivity index (χ1) is 14.3. The van der Waals surface area contributed by atoms with Gasteiger partial charge in [0.05, 0.1) is 26.3 Å². The van der Waals surface area contributed by atoms with E-state index in [1.165, 1.54) is 0 Å².